The molecule has 0 aromatic heterocycles. The second kappa shape index (κ2) is 4.01. The first kappa shape index (κ1) is 8.08. The molecule has 2 N–H and O–H groups in total. The predicted octanol–water partition coefficient (Wildman–Crippen LogP) is -0.334. The van der Waals surface area contributed by atoms with Crippen LogP contribution >= 0.6 is 0 Å². The Morgan fingerprint density at radius 1 is 1.56 bits per heavy atom. The molecular formula is C5H6B2N2. The Kier molecular flexibility index (Phi) is 3.60. The van der Waals surface area contributed by atoms with Crippen LogP contribution in [0.25, 0.3) is 0 Å². The van der Waals surface area contributed by atoms with Crippen molar-refractivity contribution >= 4 is 21.3 Å². The van der Waals surface area contributed by atoms with E-state index in [1.165, 1.54) is 12.3 Å². The zero-order chi connectivity index (χ0) is 7.28. The minimum absolute atomic E-state index is 0.125. The van der Waals surface area contributed by atoms with Crippen LogP contribution in [0.3, 0.4) is 0 Å². The number of allylic oxidation sites excluding steroid dienone is 1. The van der Waals surface area contributed by atoms with Gasteiger partial charge >= 0.3 is 0 Å². The van der Waals surface area contributed by atoms with E-state index in [2.05, 4.69) is 11.6 Å². The van der Waals surface area contributed by atoms with Crippen LogP contribution in [0, 0.1) is 0 Å². The largest absolute Gasteiger partial charge is 0.409 e. The molecule has 4 heteroatoms. The third-order valence-electron chi connectivity index (χ3n) is 0.572. The number of rotatable bonds is 2. The van der Waals surface area contributed by atoms with Gasteiger partial charge in [0, 0.05) is 6.20 Å². The number of aliphatic imine (C=N–C) groups is 1. The average Bonchev–Trinajstić information content (AvgIpc) is 1.83. The minimum Gasteiger partial charge on any atom is -0.409 e. The van der Waals surface area contributed by atoms with Crippen molar-refractivity contribution in [2.75, 3.05) is 0 Å². The van der Waals surface area contributed by atoms with Crippen LogP contribution in [0.1, 0.15) is 0 Å². The Morgan fingerprint density at radius 3 is 2.44 bits per heavy atom. The van der Waals surface area contributed by atoms with Crippen LogP contribution in [0.4, 0.5) is 0 Å². The van der Waals surface area contributed by atoms with Gasteiger partial charge in [0.1, 0.15) is 15.7 Å². The summed E-state index contributed by atoms with van der Waals surface area (Å²) in [7, 11) is 10.2. The molecule has 2 nitrogen and oxygen atoms in total. The maximum atomic E-state index is 5.20. The molecular weight excluding hydrogens is 110 g/mol. The minimum atomic E-state index is 0.125. The Bertz CT molecular complexity index is 156. The van der Waals surface area contributed by atoms with Crippen LogP contribution in [-0.4, -0.2) is 21.3 Å². The van der Waals surface area contributed by atoms with Crippen LogP contribution in [0.15, 0.2) is 29.4 Å². The van der Waals surface area contributed by atoms with Gasteiger partial charge in [-0.15, -0.1) is 0 Å². The molecule has 0 heterocycles. The van der Waals surface area contributed by atoms with Crippen LogP contribution in [0.5, 0.6) is 0 Å². The van der Waals surface area contributed by atoms with Gasteiger partial charge in [0.2, 0.25) is 0 Å². The summed E-state index contributed by atoms with van der Waals surface area (Å²) in [6.07, 6.45) is 2.66. The summed E-state index contributed by atoms with van der Waals surface area (Å²) in [6.45, 7) is 3.37. The highest BCUT2D eigenvalue weighted by atomic mass is 14.7. The topological polar surface area (TPSA) is 38.4 Å². The SMILES string of the molecule is [B]C(C=C)=N/C=C(/[B])N. The van der Waals surface area contributed by atoms with Crippen molar-refractivity contribution in [3.8, 4) is 0 Å². The predicted molar refractivity (Wildman–Crippen MR) is 41.4 cm³/mol. The second-order valence-electron chi connectivity index (χ2n) is 1.39. The summed E-state index contributed by atoms with van der Waals surface area (Å²) in [5.74, 6) is 0. The molecule has 0 aliphatic rings. The molecule has 0 aliphatic heterocycles. The lowest BCUT2D eigenvalue weighted by atomic mass is 10.0. The summed E-state index contributed by atoms with van der Waals surface area (Å²) < 4.78 is 0. The molecule has 0 atom stereocenters. The maximum absolute atomic E-state index is 5.20. The van der Waals surface area contributed by atoms with E-state index in [-0.39, 0.29) is 5.60 Å². The van der Waals surface area contributed by atoms with E-state index >= 15 is 0 Å². The molecule has 0 amide bonds. The van der Waals surface area contributed by atoms with Gasteiger partial charge in [-0.1, -0.05) is 12.7 Å². The zero-order valence-electron chi connectivity index (χ0n) is 5.04. The van der Waals surface area contributed by atoms with Crippen molar-refractivity contribution in [3.05, 3.63) is 24.5 Å². The Hall–Kier alpha value is -0.920. The molecule has 0 bridgehead atoms. The summed E-state index contributed by atoms with van der Waals surface area (Å²) >= 11 is 0. The highest BCUT2D eigenvalue weighted by Crippen LogP contribution is 1.78. The molecule has 0 aromatic rings. The summed E-state index contributed by atoms with van der Waals surface area (Å²) in [5, 5.41) is 0. The van der Waals surface area contributed by atoms with Gasteiger partial charge in [0.15, 0.2) is 0 Å². The lowest BCUT2D eigenvalue weighted by Crippen LogP contribution is -1.95. The highest BCUT2D eigenvalue weighted by Gasteiger charge is 1.75. The van der Waals surface area contributed by atoms with Crippen LogP contribution in [-0.2, 0) is 0 Å². The standard InChI is InChI=1S/C5H6B2N2/c1-2-5(7)9-3-4(6)8/h2-3H,1,8H2/b4-3-,9-5?. The van der Waals surface area contributed by atoms with E-state index < -0.39 is 0 Å². The highest BCUT2D eigenvalue weighted by molar-refractivity contribution is 6.63. The fourth-order valence-corrected chi connectivity index (χ4v) is 0.202. The van der Waals surface area contributed by atoms with Gasteiger partial charge in [-0.05, 0) is 11.2 Å². The smallest absolute Gasteiger partial charge is 0.141 e. The van der Waals surface area contributed by atoms with Crippen molar-refractivity contribution in [2.24, 2.45) is 10.7 Å². The van der Waals surface area contributed by atoms with E-state index in [0.29, 0.717) is 5.61 Å². The van der Waals surface area contributed by atoms with Gasteiger partial charge in [0.25, 0.3) is 0 Å². The molecule has 0 fully saturated rings. The van der Waals surface area contributed by atoms with Gasteiger partial charge in [-0.2, -0.15) is 0 Å². The average molecular weight is 116 g/mol. The first-order chi connectivity index (χ1) is 4.16. The van der Waals surface area contributed by atoms with E-state index in [1.807, 2.05) is 0 Å². The van der Waals surface area contributed by atoms with Crippen molar-refractivity contribution in [2.45, 2.75) is 0 Å². The summed E-state index contributed by atoms with van der Waals surface area (Å²) in [4.78, 5) is 3.61. The normalized spacial score (nSPS) is 13.3. The van der Waals surface area contributed by atoms with Crippen LogP contribution in [0.2, 0.25) is 0 Å². The van der Waals surface area contributed by atoms with E-state index in [1.54, 1.807) is 0 Å². The first-order valence-corrected chi connectivity index (χ1v) is 2.33. The third kappa shape index (κ3) is 4.94. The zero-order valence-corrected chi connectivity index (χ0v) is 5.04. The Labute approximate surface area is 57.4 Å². The van der Waals surface area contributed by atoms with Crippen molar-refractivity contribution in [3.63, 3.8) is 0 Å². The third-order valence-corrected chi connectivity index (χ3v) is 0.572. The molecule has 0 saturated heterocycles. The van der Waals surface area contributed by atoms with E-state index in [9.17, 15) is 0 Å². The fraction of sp³-hybridized carbons (Fsp3) is 0. The van der Waals surface area contributed by atoms with Gasteiger partial charge in [-0.25, -0.2) is 0 Å². The summed E-state index contributed by atoms with van der Waals surface area (Å²) in [5.41, 5.74) is 5.46. The van der Waals surface area contributed by atoms with E-state index in [0.717, 1.165) is 0 Å². The molecule has 0 aliphatic carbocycles. The summed E-state index contributed by atoms with van der Waals surface area (Å²) in [6, 6.07) is 0. The Morgan fingerprint density at radius 2 is 2.11 bits per heavy atom. The maximum Gasteiger partial charge on any atom is 0.141 e. The quantitative estimate of drug-likeness (QED) is 0.389. The van der Waals surface area contributed by atoms with Crippen molar-refractivity contribution in [1.82, 2.24) is 0 Å². The molecule has 42 valence electrons. The molecule has 9 heavy (non-hydrogen) atoms. The second-order valence-corrected chi connectivity index (χ2v) is 1.39. The Balaban J connectivity index is 3.98. The molecule has 0 saturated carbocycles. The molecule has 0 rings (SSSR count). The fourth-order valence-electron chi connectivity index (χ4n) is 0.202. The monoisotopic (exact) mass is 116 g/mol. The number of hydrogen-bond donors (Lipinski definition) is 1. The lowest BCUT2D eigenvalue weighted by Gasteiger charge is -1.87. The van der Waals surface area contributed by atoms with Crippen molar-refractivity contribution < 1.29 is 0 Å². The first-order valence-electron chi connectivity index (χ1n) is 2.33. The molecule has 0 unspecified atom stereocenters. The van der Waals surface area contributed by atoms with E-state index in [4.69, 9.17) is 21.4 Å². The number of nitrogens with zero attached hydrogens (tertiary/aromatic N) is 1. The van der Waals surface area contributed by atoms with Gasteiger partial charge in [0.05, 0.1) is 0 Å². The molecule has 0 spiro atoms. The number of nitrogens with two attached hydrogens (primary N) is 1. The lowest BCUT2D eigenvalue weighted by molar-refractivity contribution is 1.45. The van der Waals surface area contributed by atoms with Crippen molar-refractivity contribution in [1.29, 1.82) is 0 Å². The molecule has 0 aromatic carbocycles. The van der Waals surface area contributed by atoms with Crippen LogP contribution < -0.4 is 5.73 Å². The molecule has 4 radical (unpaired) electrons. The number of hydrogen-bond acceptors (Lipinski definition) is 2. The van der Waals surface area contributed by atoms with Gasteiger partial charge < -0.3 is 5.73 Å². The van der Waals surface area contributed by atoms with Gasteiger partial charge in [-0.3, -0.25) is 4.99 Å².